The van der Waals surface area contributed by atoms with Gasteiger partial charge in [-0.1, -0.05) is 49.7 Å². The van der Waals surface area contributed by atoms with Crippen LogP contribution in [-0.2, 0) is 27.4 Å². The standard InChI is InChI=1S/C21H25N3O4/c1-2-3-11-28-21(27)17-9-4-5-10-18(17)24-20(26)19(25)23-14-16-8-6-7-15(12-16)13-22/h4-10,12H,2-3,11,13-14,22H2,1H3,(H,23,25)(H,24,26). The van der Waals surface area contributed by atoms with Crippen molar-refractivity contribution in [1.82, 2.24) is 5.32 Å². The second-order valence-corrected chi connectivity index (χ2v) is 6.20. The fourth-order valence-electron chi connectivity index (χ4n) is 2.47. The second kappa shape index (κ2) is 10.8. The largest absolute Gasteiger partial charge is 0.462 e. The van der Waals surface area contributed by atoms with E-state index in [1.807, 2.05) is 31.2 Å². The second-order valence-electron chi connectivity index (χ2n) is 6.20. The highest BCUT2D eigenvalue weighted by molar-refractivity contribution is 6.39. The molecular formula is C21H25N3O4. The summed E-state index contributed by atoms with van der Waals surface area (Å²) in [5.74, 6) is -2.19. The molecule has 0 spiro atoms. The average Bonchev–Trinajstić information content (AvgIpc) is 2.72. The molecule has 2 amide bonds. The summed E-state index contributed by atoms with van der Waals surface area (Å²) in [7, 11) is 0. The van der Waals surface area contributed by atoms with Gasteiger partial charge in [0.25, 0.3) is 0 Å². The third kappa shape index (κ3) is 6.21. The maximum absolute atomic E-state index is 12.2. The van der Waals surface area contributed by atoms with Crippen LogP contribution >= 0.6 is 0 Å². The number of hydrogen-bond donors (Lipinski definition) is 3. The summed E-state index contributed by atoms with van der Waals surface area (Å²) in [6, 6.07) is 13.8. The molecule has 0 aliphatic rings. The Labute approximate surface area is 164 Å². The molecule has 2 rings (SSSR count). The van der Waals surface area contributed by atoms with Crippen molar-refractivity contribution in [1.29, 1.82) is 0 Å². The third-order valence-electron chi connectivity index (χ3n) is 4.01. The number of nitrogens with one attached hydrogen (secondary N) is 2. The number of benzene rings is 2. The zero-order chi connectivity index (χ0) is 20.4. The number of unbranched alkanes of at least 4 members (excludes halogenated alkanes) is 1. The van der Waals surface area contributed by atoms with Crippen LogP contribution in [0.4, 0.5) is 5.69 Å². The molecule has 4 N–H and O–H groups in total. The number of ether oxygens (including phenoxy) is 1. The van der Waals surface area contributed by atoms with Gasteiger partial charge in [-0.25, -0.2) is 4.79 Å². The minimum Gasteiger partial charge on any atom is -0.462 e. The molecule has 2 aromatic rings. The summed E-state index contributed by atoms with van der Waals surface area (Å²) in [6.45, 7) is 2.89. The number of esters is 1. The summed E-state index contributed by atoms with van der Waals surface area (Å²) in [5, 5.41) is 5.02. The molecule has 0 heterocycles. The summed E-state index contributed by atoms with van der Waals surface area (Å²) in [4.78, 5) is 36.5. The molecular weight excluding hydrogens is 358 g/mol. The van der Waals surface area contributed by atoms with Gasteiger partial charge in [-0.3, -0.25) is 9.59 Å². The van der Waals surface area contributed by atoms with Crippen molar-refractivity contribution in [2.75, 3.05) is 11.9 Å². The van der Waals surface area contributed by atoms with Gasteiger partial charge in [0.05, 0.1) is 17.9 Å². The first-order valence-electron chi connectivity index (χ1n) is 9.18. The molecule has 0 saturated carbocycles. The Balaban J connectivity index is 1.96. The third-order valence-corrected chi connectivity index (χ3v) is 4.01. The Morgan fingerprint density at radius 1 is 1.00 bits per heavy atom. The van der Waals surface area contributed by atoms with Crippen molar-refractivity contribution in [2.24, 2.45) is 5.73 Å². The van der Waals surface area contributed by atoms with E-state index in [0.717, 1.165) is 24.0 Å². The maximum atomic E-state index is 12.2. The van der Waals surface area contributed by atoms with Gasteiger partial charge in [-0.15, -0.1) is 0 Å². The van der Waals surface area contributed by atoms with Gasteiger partial charge in [0.15, 0.2) is 0 Å². The first-order valence-corrected chi connectivity index (χ1v) is 9.18. The predicted octanol–water partition coefficient (Wildman–Crippen LogP) is 2.36. The number of nitrogens with two attached hydrogens (primary N) is 1. The topological polar surface area (TPSA) is 111 Å². The van der Waals surface area contributed by atoms with Crippen molar-refractivity contribution >= 4 is 23.5 Å². The highest BCUT2D eigenvalue weighted by atomic mass is 16.5. The first kappa shape index (κ1) is 21.1. The highest BCUT2D eigenvalue weighted by Gasteiger charge is 2.18. The molecule has 2 aromatic carbocycles. The van der Waals surface area contributed by atoms with Gasteiger partial charge < -0.3 is 21.1 Å². The smallest absolute Gasteiger partial charge is 0.340 e. The molecule has 0 saturated heterocycles. The van der Waals surface area contributed by atoms with E-state index in [1.165, 1.54) is 0 Å². The Morgan fingerprint density at radius 3 is 2.50 bits per heavy atom. The quantitative estimate of drug-likeness (QED) is 0.368. The molecule has 0 bridgehead atoms. The Morgan fingerprint density at radius 2 is 1.75 bits per heavy atom. The molecule has 0 atom stereocenters. The number of carbonyl (C=O) groups is 3. The lowest BCUT2D eigenvalue weighted by atomic mass is 10.1. The number of anilines is 1. The average molecular weight is 383 g/mol. The summed E-state index contributed by atoms with van der Waals surface area (Å²) in [5.41, 5.74) is 7.81. The summed E-state index contributed by atoms with van der Waals surface area (Å²) in [6.07, 6.45) is 1.66. The van der Waals surface area contributed by atoms with Crippen molar-refractivity contribution in [3.8, 4) is 0 Å². The maximum Gasteiger partial charge on any atom is 0.340 e. The fourth-order valence-corrected chi connectivity index (χ4v) is 2.47. The van der Waals surface area contributed by atoms with Crippen molar-refractivity contribution in [2.45, 2.75) is 32.9 Å². The minimum absolute atomic E-state index is 0.195. The summed E-state index contributed by atoms with van der Waals surface area (Å²) >= 11 is 0. The van der Waals surface area contributed by atoms with Crippen molar-refractivity contribution in [3.63, 3.8) is 0 Å². The van der Waals surface area contributed by atoms with E-state index in [4.69, 9.17) is 10.5 Å². The van der Waals surface area contributed by atoms with Crippen LogP contribution in [0.25, 0.3) is 0 Å². The van der Waals surface area contributed by atoms with E-state index >= 15 is 0 Å². The van der Waals surface area contributed by atoms with Gasteiger partial charge in [-0.2, -0.15) is 0 Å². The van der Waals surface area contributed by atoms with Gasteiger partial charge >= 0.3 is 17.8 Å². The zero-order valence-corrected chi connectivity index (χ0v) is 15.9. The van der Waals surface area contributed by atoms with Gasteiger partial charge in [-0.05, 0) is 29.7 Å². The van der Waals surface area contributed by atoms with Crippen molar-refractivity contribution in [3.05, 3.63) is 65.2 Å². The number of para-hydroxylation sites is 1. The van der Waals surface area contributed by atoms with Gasteiger partial charge in [0.2, 0.25) is 0 Å². The minimum atomic E-state index is -0.858. The molecule has 0 aliphatic heterocycles. The number of carbonyl (C=O) groups excluding carboxylic acids is 3. The first-order chi connectivity index (χ1) is 13.5. The van der Waals surface area contributed by atoms with Crippen molar-refractivity contribution < 1.29 is 19.1 Å². The number of rotatable bonds is 8. The van der Waals surface area contributed by atoms with Crippen LogP contribution in [0, 0.1) is 0 Å². The molecule has 0 aliphatic carbocycles. The SMILES string of the molecule is CCCCOC(=O)c1ccccc1NC(=O)C(=O)NCc1cccc(CN)c1. The molecule has 28 heavy (non-hydrogen) atoms. The van der Waals surface area contributed by atoms with Crippen LogP contribution in [0.15, 0.2) is 48.5 Å². The van der Waals surface area contributed by atoms with E-state index in [-0.39, 0.29) is 17.8 Å². The lowest BCUT2D eigenvalue weighted by Gasteiger charge is -2.11. The van der Waals surface area contributed by atoms with Crippen LogP contribution in [0.2, 0.25) is 0 Å². The Bertz CT molecular complexity index is 836. The van der Waals surface area contributed by atoms with E-state index in [9.17, 15) is 14.4 Å². The molecule has 148 valence electrons. The molecule has 7 nitrogen and oxygen atoms in total. The molecule has 7 heteroatoms. The van der Waals surface area contributed by atoms with Gasteiger partial charge in [0, 0.05) is 13.1 Å². The lowest BCUT2D eigenvalue weighted by Crippen LogP contribution is -2.35. The normalized spacial score (nSPS) is 10.2. The number of hydrogen-bond acceptors (Lipinski definition) is 5. The zero-order valence-electron chi connectivity index (χ0n) is 15.9. The van der Waals surface area contributed by atoms with Gasteiger partial charge in [0.1, 0.15) is 0 Å². The highest BCUT2D eigenvalue weighted by Crippen LogP contribution is 2.16. The number of amides is 2. The van der Waals surface area contributed by atoms with Crippen LogP contribution in [0.5, 0.6) is 0 Å². The van der Waals surface area contributed by atoms with Crippen LogP contribution in [0.3, 0.4) is 0 Å². The molecule has 0 fully saturated rings. The van der Waals surface area contributed by atoms with E-state index < -0.39 is 17.8 Å². The van der Waals surface area contributed by atoms with E-state index in [1.54, 1.807) is 24.3 Å². The summed E-state index contributed by atoms with van der Waals surface area (Å²) < 4.78 is 5.18. The van der Waals surface area contributed by atoms with E-state index in [0.29, 0.717) is 13.2 Å². The van der Waals surface area contributed by atoms with Crippen LogP contribution in [-0.4, -0.2) is 24.4 Å². The molecule has 0 aromatic heterocycles. The fraction of sp³-hybridized carbons (Fsp3) is 0.286. The Hall–Kier alpha value is -3.19. The molecule has 0 radical (unpaired) electrons. The van der Waals surface area contributed by atoms with Crippen LogP contribution < -0.4 is 16.4 Å². The monoisotopic (exact) mass is 383 g/mol. The van der Waals surface area contributed by atoms with E-state index in [2.05, 4.69) is 10.6 Å². The van der Waals surface area contributed by atoms with Crippen LogP contribution in [0.1, 0.15) is 41.3 Å². The predicted molar refractivity (Wildman–Crippen MR) is 106 cm³/mol. The Kier molecular flexibility index (Phi) is 8.17. The lowest BCUT2D eigenvalue weighted by molar-refractivity contribution is -0.136. The molecule has 0 unspecified atom stereocenters.